The van der Waals surface area contributed by atoms with Crippen LogP contribution in [0.2, 0.25) is 0 Å². The van der Waals surface area contributed by atoms with Crippen LogP contribution >= 0.6 is 0 Å². The summed E-state index contributed by atoms with van der Waals surface area (Å²) >= 11 is 0. The third kappa shape index (κ3) is 6.50. The maximum atomic E-state index is 12.5. The summed E-state index contributed by atoms with van der Waals surface area (Å²) in [5.74, 6) is 0.159. The summed E-state index contributed by atoms with van der Waals surface area (Å²) < 4.78 is 0. The van der Waals surface area contributed by atoms with Crippen LogP contribution in [0.4, 0.5) is 0 Å². The topological polar surface area (TPSA) is 75.4 Å². The molecule has 5 heteroatoms. The molecule has 1 aliphatic rings. The molecule has 1 saturated heterocycles. The van der Waals surface area contributed by atoms with Gasteiger partial charge in [0, 0.05) is 31.1 Å². The van der Waals surface area contributed by atoms with Gasteiger partial charge in [0.25, 0.3) is 5.91 Å². The number of carbonyl (C=O) groups is 2. The van der Waals surface area contributed by atoms with Gasteiger partial charge in [-0.05, 0) is 50.8 Å². The van der Waals surface area contributed by atoms with Crippen molar-refractivity contribution in [1.29, 1.82) is 0 Å². The quantitative estimate of drug-likeness (QED) is 0.676. The lowest BCUT2D eigenvalue weighted by Gasteiger charge is -2.36. The maximum Gasteiger partial charge on any atom is 0.251 e. The van der Waals surface area contributed by atoms with E-state index >= 15 is 0 Å². The highest BCUT2D eigenvalue weighted by Gasteiger charge is 2.26. The predicted molar refractivity (Wildman–Crippen MR) is 100 cm³/mol. The Morgan fingerprint density at radius 1 is 1.08 bits per heavy atom. The van der Waals surface area contributed by atoms with E-state index < -0.39 is 0 Å². The Bertz CT molecular complexity index is 533. The molecule has 0 radical (unpaired) electrons. The SMILES string of the molecule is NCCCCCCC(=O)N1CCCCC1CNC(=O)c1ccccc1. The number of hydrogen-bond acceptors (Lipinski definition) is 3. The van der Waals surface area contributed by atoms with Crippen LogP contribution in [0.15, 0.2) is 30.3 Å². The van der Waals surface area contributed by atoms with Crippen LogP contribution < -0.4 is 11.1 Å². The Kier molecular flexibility index (Phi) is 8.46. The maximum absolute atomic E-state index is 12.5. The Morgan fingerprint density at radius 3 is 2.60 bits per heavy atom. The van der Waals surface area contributed by atoms with E-state index in [1.807, 2.05) is 23.1 Å². The van der Waals surface area contributed by atoms with Gasteiger partial charge in [0.2, 0.25) is 5.91 Å². The highest BCUT2D eigenvalue weighted by molar-refractivity contribution is 5.94. The molecule has 5 nitrogen and oxygen atoms in total. The number of nitrogens with zero attached hydrogens (tertiary/aromatic N) is 1. The van der Waals surface area contributed by atoms with Gasteiger partial charge in [-0.25, -0.2) is 0 Å². The molecular weight excluding hydrogens is 314 g/mol. The first-order valence-corrected chi connectivity index (χ1v) is 9.55. The van der Waals surface area contributed by atoms with Gasteiger partial charge in [-0.15, -0.1) is 0 Å². The number of likely N-dealkylation sites (tertiary alicyclic amines) is 1. The molecule has 0 spiro atoms. The minimum Gasteiger partial charge on any atom is -0.350 e. The van der Waals surface area contributed by atoms with Crippen LogP contribution in [0, 0.1) is 0 Å². The molecule has 1 unspecified atom stereocenters. The third-order valence-corrected chi connectivity index (χ3v) is 4.83. The van der Waals surface area contributed by atoms with Gasteiger partial charge in [-0.1, -0.05) is 31.0 Å². The summed E-state index contributed by atoms with van der Waals surface area (Å²) in [6, 6.07) is 9.34. The van der Waals surface area contributed by atoms with Crippen LogP contribution in [0.3, 0.4) is 0 Å². The lowest BCUT2D eigenvalue weighted by atomic mass is 10.0. The number of rotatable bonds is 9. The number of benzene rings is 1. The van der Waals surface area contributed by atoms with Crippen LogP contribution in [0.25, 0.3) is 0 Å². The van der Waals surface area contributed by atoms with E-state index in [0.29, 0.717) is 18.5 Å². The molecule has 1 aromatic rings. The summed E-state index contributed by atoms with van der Waals surface area (Å²) in [7, 11) is 0. The zero-order valence-corrected chi connectivity index (χ0v) is 15.1. The molecule has 2 rings (SSSR count). The van der Waals surface area contributed by atoms with Crippen LogP contribution in [-0.4, -0.2) is 42.4 Å². The Labute approximate surface area is 151 Å². The van der Waals surface area contributed by atoms with Crippen molar-refractivity contribution in [1.82, 2.24) is 10.2 Å². The van der Waals surface area contributed by atoms with Crippen molar-refractivity contribution in [3.05, 3.63) is 35.9 Å². The third-order valence-electron chi connectivity index (χ3n) is 4.83. The van der Waals surface area contributed by atoms with Gasteiger partial charge in [0.05, 0.1) is 0 Å². The second kappa shape index (κ2) is 10.9. The fourth-order valence-electron chi connectivity index (χ4n) is 3.36. The number of nitrogens with one attached hydrogen (secondary N) is 1. The number of hydrogen-bond donors (Lipinski definition) is 2. The van der Waals surface area contributed by atoms with Gasteiger partial charge in [0.1, 0.15) is 0 Å². The van der Waals surface area contributed by atoms with E-state index in [1.54, 1.807) is 12.1 Å². The molecule has 0 aliphatic carbocycles. The second-order valence-corrected chi connectivity index (χ2v) is 6.77. The highest BCUT2D eigenvalue weighted by atomic mass is 16.2. The molecule has 1 heterocycles. The molecule has 1 aliphatic heterocycles. The number of amides is 2. The molecule has 25 heavy (non-hydrogen) atoms. The number of carbonyl (C=O) groups excluding carboxylic acids is 2. The summed E-state index contributed by atoms with van der Waals surface area (Å²) in [6.07, 6.45) is 7.87. The van der Waals surface area contributed by atoms with Crippen LogP contribution in [0.5, 0.6) is 0 Å². The Balaban J connectivity index is 1.79. The van der Waals surface area contributed by atoms with Gasteiger partial charge in [-0.3, -0.25) is 9.59 Å². The molecule has 0 bridgehead atoms. The average Bonchev–Trinajstić information content (AvgIpc) is 2.66. The van der Waals surface area contributed by atoms with Crippen molar-refractivity contribution >= 4 is 11.8 Å². The summed E-state index contributed by atoms with van der Waals surface area (Å²) in [6.45, 7) is 2.07. The van der Waals surface area contributed by atoms with E-state index in [2.05, 4.69) is 5.32 Å². The van der Waals surface area contributed by atoms with Gasteiger partial charge < -0.3 is 16.0 Å². The zero-order chi connectivity index (χ0) is 17.9. The molecule has 3 N–H and O–H groups in total. The molecule has 1 atom stereocenters. The van der Waals surface area contributed by atoms with E-state index in [1.165, 1.54) is 0 Å². The fourth-order valence-corrected chi connectivity index (χ4v) is 3.36. The van der Waals surface area contributed by atoms with E-state index in [9.17, 15) is 9.59 Å². The van der Waals surface area contributed by atoms with Gasteiger partial charge in [0.15, 0.2) is 0 Å². The van der Waals surface area contributed by atoms with E-state index in [0.717, 1.165) is 58.0 Å². The van der Waals surface area contributed by atoms with Crippen molar-refractivity contribution in [2.45, 2.75) is 57.4 Å². The van der Waals surface area contributed by atoms with Crippen molar-refractivity contribution < 1.29 is 9.59 Å². The molecule has 0 saturated carbocycles. The van der Waals surface area contributed by atoms with Crippen LogP contribution in [-0.2, 0) is 4.79 Å². The van der Waals surface area contributed by atoms with E-state index in [4.69, 9.17) is 5.73 Å². The first-order valence-electron chi connectivity index (χ1n) is 9.55. The van der Waals surface area contributed by atoms with Crippen LogP contribution in [0.1, 0.15) is 61.7 Å². The summed E-state index contributed by atoms with van der Waals surface area (Å²) in [5, 5.41) is 2.99. The van der Waals surface area contributed by atoms with Gasteiger partial charge >= 0.3 is 0 Å². The summed E-state index contributed by atoms with van der Waals surface area (Å²) in [4.78, 5) is 26.7. The summed E-state index contributed by atoms with van der Waals surface area (Å²) in [5.41, 5.74) is 6.16. The molecule has 1 fully saturated rings. The largest absolute Gasteiger partial charge is 0.350 e. The standard InChI is InChI=1S/C20H31N3O2/c21-14-8-2-1-6-13-19(24)23-15-9-7-12-18(23)16-22-20(25)17-10-4-3-5-11-17/h3-5,10-11,18H,1-2,6-9,12-16,21H2,(H,22,25). The molecule has 0 aromatic heterocycles. The first kappa shape index (κ1) is 19.4. The van der Waals surface area contributed by atoms with Crippen molar-refractivity contribution in [3.63, 3.8) is 0 Å². The lowest BCUT2D eigenvalue weighted by Crippen LogP contribution is -2.49. The van der Waals surface area contributed by atoms with Crippen molar-refractivity contribution in [3.8, 4) is 0 Å². The lowest BCUT2D eigenvalue weighted by molar-refractivity contribution is -0.134. The second-order valence-electron chi connectivity index (χ2n) is 6.77. The fraction of sp³-hybridized carbons (Fsp3) is 0.600. The zero-order valence-electron chi connectivity index (χ0n) is 15.1. The number of nitrogens with two attached hydrogens (primary N) is 1. The highest BCUT2D eigenvalue weighted by Crippen LogP contribution is 2.18. The molecule has 2 amide bonds. The number of piperidine rings is 1. The van der Waals surface area contributed by atoms with Gasteiger partial charge in [-0.2, -0.15) is 0 Å². The normalized spacial score (nSPS) is 17.3. The average molecular weight is 345 g/mol. The smallest absolute Gasteiger partial charge is 0.251 e. The minimum atomic E-state index is -0.0691. The Morgan fingerprint density at radius 2 is 1.84 bits per heavy atom. The molecule has 138 valence electrons. The molecule has 1 aromatic carbocycles. The monoisotopic (exact) mass is 345 g/mol. The van der Waals surface area contributed by atoms with E-state index in [-0.39, 0.29) is 17.9 Å². The Hall–Kier alpha value is -1.88. The number of unbranched alkanes of at least 4 members (excludes halogenated alkanes) is 3. The van der Waals surface area contributed by atoms with Crippen molar-refractivity contribution in [2.24, 2.45) is 5.73 Å². The predicted octanol–water partition coefficient (Wildman–Crippen LogP) is 2.71. The minimum absolute atomic E-state index is 0.0691. The molecular formula is C20H31N3O2. The first-order chi connectivity index (χ1) is 12.2. The van der Waals surface area contributed by atoms with Crippen molar-refractivity contribution in [2.75, 3.05) is 19.6 Å².